The standard InChI is InChI=1S/C25H26F2N4O3S/c1-14(2)31(4)35(33,34)30-21-9-8-20(26)22(23(21)27)24(32)19-13-29-25-18(19)11-17(12-28-25)16-7-5-6-15(3)10-16/h5,7-15,30H,6H2,1-4H3,(H,28,29). The van der Waals surface area contributed by atoms with E-state index in [9.17, 15) is 17.6 Å². The SMILES string of the molecule is CC1C=C(c2cnc3[nH]cc(C(=O)c4c(F)ccc(NS(=O)(=O)N(C)C(C)C)c4F)c3c2)C=CC1. The average molecular weight is 501 g/mol. The van der Waals surface area contributed by atoms with Gasteiger partial charge in [-0.05, 0) is 50.0 Å². The molecule has 0 saturated carbocycles. The zero-order valence-electron chi connectivity index (χ0n) is 19.8. The molecule has 0 spiro atoms. The third kappa shape index (κ3) is 4.76. The van der Waals surface area contributed by atoms with Gasteiger partial charge in [-0.15, -0.1) is 0 Å². The monoisotopic (exact) mass is 500 g/mol. The topological polar surface area (TPSA) is 95.2 Å². The number of nitrogens with one attached hydrogen (secondary N) is 2. The molecule has 2 aromatic heterocycles. The Morgan fingerprint density at radius 2 is 2.03 bits per heavy atom. The summed E-state index contributed by atoms with van der Waals surface area (Å²) < 4.78 is 58.2. The quantitative estimate of drug-likeness (QED) is 0.444. The van der Waals surface area contributed by atoms with Gasteiger partial charge >= 0.3 is 10.2 Å². The van der Waals surface area contributed by atoms with E-state index >= 15 is 4.39 Å². The lowest BCUT2D eigenvalue weighted by Crippen LogP contribution is -2.37. The molecule has 1 aromatic carbocycles. The Morgan fingerprint density at radius 3 is 2.71 bits per heavy atom. The maximum atomic E-state index is 15.3. The van der Waals surface area contributed by atoms with Crippen molar-refractivity contribution in [3.8, 4) is 0 Å². The number of H-pyrrole nitrogens is 1. The Labute approximate surface area is 202 Å². The molecule has 0 fully saturated rings. The summed E-state index contributed by atoms with van der Waals surface area (Å²) in [4.78, 5) is 20.5. The molecule has 10 heteroatoms. The predicted octanol–water partition coefficient (Wildman–Crippen LogP) is 5.05. The molecule has 0 aliphatic heterocycles. The maximum Gasteiger partial charge on any atom is 0.301 e. The lowest BCUT2D eigenvalue weighted by atomic mass is 9.93. The Balaban J connectivity index is 1.75. The maximum absolute atomic E-state index is 15.3. The number of pyridine rings is 1. The van der Waals surface area contributed by atoms with E-state index in [4.69, 9.17) is 0 Å². The minimum atomic E-state index is -4.12. The molecule has 4 rings (SSSR count). The van der Waals surface area contributed by atoms with Crippen molar-refractivity contribution in [2.75, 3.05) is 11.8 Å². The number of halogens is 2. The molecule has 1 aliphatic rings. The van der Waals surface area contributed by atoms with Crippen molar-refractivity contribution in [2.45, 2.75) is 33.2 Å². The largest absolute Gasteiger partial charge is 0.345 e. The average Bonchev–Trinajstić information content (AvgIpc) is 3.23. The summed E-state index contributed by atoms with van der Waals surface area (Å²) in [6.45, 7) is 5.38. The first-order chi connectivity index (χ1) is 16.5. The van der Waals surface area contributed by atoms with Crippen LogP contribution in [-0.4, -0.2) is 41.6 Å². The number of benzene rings is 1. The first-order valence-corrected chi connectivity index (χ1v) is 12.6. The van der Waals surface area contributed by atoms with Crippen LogP contribution in [0.3, 0.4) is 0 Å². The number of nitrogens with zero attached hydrogens (tertiary/aromatic N) is 2. The molecule has 1 atom stereocenters. The van der Waals surface area contributed by atoms with Gasteiger partial charge in [0.15, 0.2) is 5.82 Å². The number of aromatic amines is 1. The van der Waals surface area contributed by atoms with Crippen molar-refractivity contribution in [3.63, 3.8) is 0 Å². The van der Waals surface area contributed by atoms with Gasteiger partial charge in [0.25, 0.3) is 0 Å². The third-order valence-corrected chi connectivity index (χ3v) is 7.70. The van der Waals surface area contributed by atoms with Crippen LogP contribution in [0.1, 0.15) is 48.7 Å². The molecule has 0 radical (unpaired) electrons. The number of carbonyl (C=O) groups is 1. The fourth-order valence-electron chi connectivity index (χ4n) is 3.84. The zero-order valence-corrected chi connectivity index (χ0v) is 20.6. The number of rotatable bonds is 7. The van der Waals surface area contributed by atoms with E-state index in [1.165, 1.54) is 13.2 Å². The highest BCUT2D eigenvalue weighted by Gasteiger charge is 2.28. The number of fused-ring (bicyclic) bond motifs is 1. The summed E-state index contributed by atoms with van der Waals surface area (Å²) in [6, 6.07) is 3.16. The molecule has 184 valence electrons. The van der Waals surface area contributed by atoms with Gasteiger partial charge in [-0.1, -0.05) is 25.2 Å². The highest BCUT2D eigenvalue weighted by atomic mass is 32.2. The molecule has 0 amide bonds. The Morgan fingerprint density at radius 1 is 1.29 bits per heavy atom. The van der Waals surface area contributed by atoms with Crippen LogP contribution < -0.4 is 4.72 Å². The summed E-state index contributed by atoms with van der Waals surface area (Å²) in [7, 11) is -2.79. The Kier molecular flexibility index (Phi) is 6.61. The second kappa shape index (κ2) is 9.35. The summed E-state index contributed by atoms with van der Waals surface area (Å²) in [5.41, 5.74) is 0.761. The summed E-state index contributed by atoms with van der Waals surface area (Å²) in [6.07, 6.45) is 10.1. The highest BCUT2D eigenvalue weighted by Crippen LogP contribution is 2.30. The van der Waals surface area contributed by atoms with Gasteiger partial charge in [-0.2, -0.15) is 12.7 Å². The first kappa shape index (κ1) is 24.7. The van der Waals surface area contributed by atoms with Crippen LogP contribution in [0.5, 0.6) is 0 Å². The second-order valence-electron chi connectivity index (χ2n) is 8.89. The van der Waals surface area contributed by atoms with Gasteiger partial charge in [0.1, 0.15) is 11.5 Å². The van der Waals surface area contributed by atoms with E-state index in [0.29, 0.717) is 17.0 Å². The molecule has 7 nitrogen and oxygen atoms in total. The molecular formula is C25H26F2N4O3S. The molecule has 1 unspecified atom stereocenters. The highest BCUT2D eigenvalue weighted by molar-refractivity contribution is 7.90. The van der Waals surface area contributed by atoms with Crippen LogP contribution >= 0.6 is 0 Å². The summed E-state index contributed by atoms with van der Waals surface area (Å²) in [5, 5.41) is 0.407. The van der Waals surface area contributed by atoms with Gasteiger partial charge in [0.05, 0.1) is 11.3 Å². The fraction of sp³-hybridized carbons (Fsp3) is 0.280. The van der Waals surface area contributed by atoms with E-state index < -0.39 is 44.9 Å². The zero-order chi connectivity index (χ0) is 25.5. The number of hydrogen-bond donors (Lipinski definition) is 2. The summed E-state index contributed by atoms with van der Waals surface area (Å²) in [5.74, 6) is -2.97. The van der Waals surface area contributed by atoms with E-state index in [0.717, 1.165) is 34.0 Å². The lowest BCUT2D eigenvalue weighted by Gasteiger charge is -2.22. The van der Waals surface area contributed by atoms with Crippen molar-refractivity contribution < 1.29 is 22.0 Å². The molecule has 35 heavy (non-hydrogen) atoms. The van der Waals surface area contributed by atoms with Crippen molar-refractivity contribution in [3.05, 3.63) is 77.1 Å². The van der Waals surface area contributed by atoms with Crippen molar-refractivity contribution in [2.24, 2.45) is 5.92 Å². The van der Waals surface area contributed by atoms with Gasteiger partial charge < -0.3 is 4.98 Å². The summed E-state index contributed by atoms with van der Waals surface area (Å²) >= 11 is 0. The molecule has 2 N–H and O–H groups in total. The van der Waals surface area contributed by atoms with Gasteiger partial charge in [-0.25, -0.2) is 13.8 Å². The minimum absolute atomic E-state index is 0.0277. The van der Waals surface area contributed by atoms with Crippen LogP contribution in [-0.2, 0) is 10.2 Å². The molecule has 1 aliphatic carbocycles. The predicted molar refractivity (Wildman–Crippen MR) is 132 cm³/mol. The molecule has 2 heterocycles. The lowest BCUT2D eigenvalue weighted by molar-refractivity contribution is 0.103. The van der Waals surface area contributed by atoms with E-state index in [-0.39, 0.29) is 5.56 Å². The van der Waals surface area contributed by atoms with Gasteiger partial charge in [0, 0.05) is 42.0 Å². The molecule has 3 aromatic rings. The first-order valence-electron chi connectivity index (χ1n) is 11.1. The van der Waals surface area contributed by atoms with Crippen LogP contribution in [0.15, 0.2) is 48.8 Å². The Hall–Kier alpha value is -3.37. The van der Waals surface area contributed by atoms with Crippen molar-refractivity contribution >= 4 is 38.3 Å². The normalized spacial score (nSPS) is 16.2. The fourth-order valence-corrected chi connectivity index (χ4v) is 4.98. The van der Waals surface area contributed by atoms with E-state index in [1.807, 2.05) is 6.08 Å². The number of anilines is 1. The Bertz CT molecular complexity index is 1480. The molecule has 0 saturated heterocycles. The number of allylic oxidation sites excluding steroid dienone is 4. The van der Waals surface area contributed by atoms with E-state index in [2.05, 4.69) is 33.8 Å². The van der Waals surface area contributed by atoms with Gasteiger partial charge in [0.2, 0.25) is 5.78 Å². The van der Waals surface area contributed by atoms with E-state index in [1.54, 1.807) is 26.1 Å². The smallest absolute Gasteiger partial charge is 0.301 e. The number of hydrogen-bond acceptors (Lipinski definition) is 4. The molecule has 0 bridgehead atoms. The number of ketones is 1. The molecular weight excluding hydrogens is 474 g/mol. The minimum Gasteiger partial charge on any atom is -0.345 e. The second-order valence-corrected chi connectivity index (χ2v) is 10.6. The number of aromatic nitrogens is 2. The number of carbonyl (C=O) groups excluding carboxylic acids is 1. The van der Waals surface area contributed by atoms with Crippen molar-refractivity contribution in [1.29, 1.82) is 0 Å². The van der Waals surface area contributed by atoms with Crippen LogP contribution in [0.2, 0.25) is 0 Å². The van der Waals surface area contributed by atoms with Crippen LogP contribution in [0.25, 0.3) is 16.6 Å². The third-order valence-electron chi connectivity index (χ3n) is 6.04. The van der Waals surface area contributed by atoms with Crippen molar-refractivity contribution in [1.82, 2.24) is 14.3 Å². The van der Waals surface area contributed by atoms with Gasteiger partial charge in [-0.3, -0.25) is 9.52 Å². The van der Waals surface area contributed by atoms with Crippen LogP contribution in [0.4, 0.5) is 14.5 Å². The van der Waals surface area contributed by atoms with Crippen LogP contribution in [0, 0.1) is 17.6 Å².